The largest absolute Gasteiger partial charge is 0.480 e. The molecule has 0 aliphatic rings. The molecule has 0 aliphatic heterocycles. The van der Waals surface area contributed by atoms with Gasteiger partial charge in [-0.3, -0.25) is 24.0 Å². The lowest BCUT2D eigenvalue weighted by Crippen LogP contribution is -2.57. The van der Waals surface area contributed by atoms with E-state index >= 15 is 0 Å². The van der Waals surface area contributed by atoms with Gasteiger partial charge in [-0.1, -0.05) is 108 Å². The fourth-order valence-corrected chi connectivity index (χ4v) is 5.82. The van der Waals surface area contributed by atoms with Crippen LogP contribution in [0.15, 0.2) is 54.6 Å². The molecule has 13 heteroatoms. The second-order valence-corrected chi connectivity index (χ2v) is 14.8. The smallest absolute Gasteiger partial charge is 0.326 e. The summed E-state index contributed by atoms with van der Waals surface area (Å²) in [6, 6.07) is 12.8. The van der Waals surface area contributed by atoms with E-state index in [2.05, 4.69) is 26.6 Å². The van der Waals surface area contributed by atoms with Crippen molar-refractivity contribution in [1.82, 2.24) is 26.6 Å². The lowest BCUT2D eigenvalue weighted by Gasteiger charge is -2.30. The third-order valence-corrected chi connectivity index (χ3v) is 9.43. The maximum Gasteiger partial charge on any atom is 0.326 e. The standard InChI is InChI=1S/C41H61N5O8/c1-8-28(7)38(40(52)46-37(26(4)5)41(53)54)45-35(50)24-32(47)31(22-29-14-10-9-11-15-29)43-39(51)36(25(2)3)44-33(48)16-12-13-21-42-34(49)23-30-19-17-27(6)18-20-30/h9-11,14-15,17-20,25-26,28,31-32,36-38,47H,8,12-13,16,21-24H2,1-7H3,(H,42,49)(H,43,51)(H,44,48)(H,45,50)(H,46,52)(H,53,54)/t28-,31-,32-,36-,37-,38-/m0/s1. The lowest BCUT2D eigenvalue weighted by atomic mass is 9.95. The second kappa shape index (κ2) is 23.1. The third-order valence-electron chi connectivity index (χ3n) is 9.43. The molecular weight excluding hydrogens is 690 g/mol. The number of rotatable bonds is 23. The van der Waals surface area contributed by atoms with Crippen LogP contribution in [0, 0.1) is 24.7 Å². The van der Waals surface area contributed by atoms with Crippen molar-refractivity contribution in [3.63, 3.8) is 0 Å². The van der Waals surface area contributed by atoms with Gasteiger partial charge in [0.05, 0.1) is 25.0 Å². The van der Waals surface area contributed by atoms with Gasteiger partial charge in [-0.25, -0.2) is 4.79 Å². The van der Waals surface area contributed by atoms with E-state index in [-0.39, 0.29) is 42.9 Å². The van der Waals surface area contributed by atoms with Crippen molar-refractivity contribution in [2.24, 2.45) is 17.8 Å². The van der Waals surface area contributed by atoms with Crippen LogP contribution in [0.3, 0.4) is 0 Å². The van der Waals surface area contributed by atoms with Gasteiger partial charge in [-0.05, 0) is 55.1 Å². The molecule has 0 spiro atoms. The molecule has 0 radical (unpaired) electrons. The zero-order valence-corrected chi connectivity index (χ0v) is 32.8. The van der Waals surface area contributed by atoms with E-state index in [9.17, 15) is 39.0 Å². The first kappa shape index (κ1) is 45.4. The molecule has 0 aliphatic carbocycles. The van der Waals surface area contributed by atoms with Crippen molar-refractivity contribution in [1.29, 1.82) is 0 Å². The van der Waals surface area contributed by atoms with Crippen molar-refractivity contribution in [3.8, 4) is 0 Å². The number of amides is 5. The van der Waals surface area contributed by atoms with Gasteiger partial charge in [0.1, 0.15) is 18.1 Å². The number of hydrogen-bond donors (Lipinski definition) is 7. The summed E-state index contributed by atoms with van der Waals surface area (Å²) in [5, 5.41) is 34.6. The van der Waals surface area contributed by atoms with Crippen molar-refractivity contribution >= 4 is 35.5 Å². The Hall–Kier alpha value is -4.78. The Morgan fingerprint density at radius 1 is 0.667 bits per heavy atom. The van der Waals surface area contributed by atoms with E-state index in [0.717, 1.165) is 16.7 Å². The molecule has 0 saturated heterocycles. The number of carboxylic acids is 1. The van der Waals surface area contributed by atoms with Crippen LogP contribution >= 0.6 is 0 Å². The van der Waals surface area contributed by atoms with Crippen molar-refractivity contribution < 1.29 is 39.0 Å². The predicted octanol–water partition coefficient (Wildman–Crippen LogP) is 3.20. The SMILES string of the molecule is CC[C@H](C)[C@H](NC(=O)C[C@H](O)[C@H](Cc1ccccc1)NC(=O)[C@@H](NC(=O)CCCCNC(=O)Cc1ccc(C)cc1)C(C)C)C(=O)N[C@H](C(=O)O)C(C)C. The van der Waals surface area contributed by atoms with E-state index in [4.69, 9.17) is 0 Å². The molecule has 0 bridgehead atoms. The number of aryl methyl sites for hydroxylation is 1. The number of nitrogens with one attached hydrogen (secondary N) is 5. The highest BCUT2D eigenvalue weighted by Crippen LogP contribution is 2.14. The van der Waals surface area contributed by atoms with Gasteiger partial charge < -0.3 is 36.8 Å². The Kier molecular flexibility index (Phi) is 19.4. The first-order valence-electron chi connectivity index (χ1n) is 19.0. The van der Waals surface area contributed by atoms with E-state index in [0.29, 0.717) is 25.8 Å². The minimum Gasteiger partial charge on any atom is -0.480 e. The number of aliphatic hydroxyl groups is 1. The van der Waals surface area contributed by atoms with E-state index in [1.807, 2.05) is 68.4 Å². The molecule has 298 valence electrons. The maximum atomic E-state index is 13.7. The lowest BCUT2D eigenvalue weighted by molar-refractivity contribution is -0.143. The average Bonchev–Trinajstić information content (AvgIpc) is 3.11. The topological polar surface area (TPSA) is 203 Å². The van der Waals surface area contributed by atoms with Gasteiger partial charge in [0.25, 0.3) is 0 Å². The van der Waals surface area contributed by atoms with Crippen LogP contribution in [0.2, 0.25) is 0 Å². The quantitative estimate of drug-likeness (QED) is 0.0839. The molecule has 13 nitrogen and oxygen atoms in total. The number of aliphatic hydroxyl groups excluding tert-OH is 1. The molecule has 0 saturated carbocycles. The molecule has 0 aromatic heterocycles. The highest BCUT2D eigenvalue weighted by Gasteiger charge is 2.33. The summed E-state index contributed by atoms with van der Waals surface area (Å²) in [5.41, 5.74) is 2.84. The van der Waals surface area contributed by atoms with Gasteiger partial charge in [0.2, 0.25) is 29.5 Å². The number of unbranched alkanes of at least 4 members (excludes halogenated alkanes) is 1. The summed E-state index contributed by atoms with van der Waals surface area (Å²) in [7, 11) is 0. The summed E-state index contributed by atoms with van der Waals surface area (Å²) >= 11 is 0. The Bertz CT molecular complexity index is 1520. The molecule has 6 atom stereocenters. The fourth-order valence-electron chi connectivity index (χ4n) is 5.82. The number of carbonyl (C=O) groups is 6. The monoisotopic (exact) mass is 751 g/mol. The van der Waals surface area contributed by atoms with E-state index in [1.54, 1.807) is 34.6 Å². The maximum absolute atomic E-state index is 13.7. The van der Waals surface area contributed by atoms with Crippen LogP contribution in [0.25, 0.3) is 0 Å². The van der Waals surface area contributed by atoms with E-state index in [1.165, 1.54) is 0 Å². The number of hydrogen-bond acceptors (Lipinski definition) is 7. The number of carbonyl (C=O) groups excluding carboxylic acids is 5. The molecule has 0 unspecified atom stereocenters. The third kappa shape index (κ3) is 16.1. The van der Waals surface area contributed by atoms with Crippen LogP contribution in [0.5, 0.6) is 0 Å². The molecule has 2 aromatic rings. The predicted molar refractivity (Wildman–Crippen MR) is 207 cm³/mol. The Morgan fingerprint density at radius 3 is 1.83 bits per heavy atom. The van der Waals surface area contributed by atoms with Crippen LogP contribution < -0.4 is 26.6 Å². The molecule has 5 amide bonds. The normalized spacial score (nSPS) is 14.6. The first-order chi connectivity index (χ1) is 25.5. The highest BCUT2D eigenvalue weighted by molar-refractivity contribution is 5.91. The minimum atomic E-state index is -1.37. The highest BCUT2D eigenvalue weighted by atomic mass is 16.4. The average molecular weight is 752 g/mol. The van der Waals surface area contributed by atoms with Crippen LogP contribution in [-0.4, -0.2) is 82.5 Å². The van der Waals surface area contributed by atoms with Gasteiger partial charge in [0, 0.05) is 13.0 Å². The van der Waals surface area contributed by atoms with E-state index < -0.39 is 66.3 Å². The summed E-state index contributed by atoms with van der Waals surface area (Å²) in [5.74, 6) is -4.45. The van der Waals surface area contributed by atoms with Crippen LogP contribution in [0.4, 0.5) is 0 Å². The Balaban J connectivity index is 2.03. The van der Waals surface area contributed by atoms with Gasteiger partial charge in [0.15, 0.2) is 0 Å². The molecule has 0 heterocycles. The summed E-state index contributed by atoms with van der Waals surface area (Å²) in [4.78, 5) is 77.0. The number of carboxylic acid groups (broad SMARTS) is 1. The first-order valence-corrected chi connectivity index (χ1v) is 19.0. The minimum absolute atomic E-state index is 0.0964. The molecule has 0 fully saturated rings. The van der Waals surface area contributed by atoms with Crippen molar-refractivity contribution in [3.05, 3.63) is 71.3 Å². The summed E-state index contributed by atoms with van der Waals surface area (Å²) in [6.07, 6.45) is 0.371. The number of benzene rings is 2. The van der Waals surface area contributed by atoms with Crippen molar-refractivity contribution in [2.45, 2.75) is 124 Å². The van der Waals surface area contributed by atoms with Gasteiger partial charge >= 0.3 is 5.97 Å². The fraction of sp³-hybridized carbons (Fsp3) is 0.561. The van der Waals surface area contributed by atoms with Crippen LogP contribution in [0.1, 0.15) is 90.3 Å². The van der Waals surface area contributed by atoms with Crippen LogP contribution in [-0.2, 0) is 41.6 Å². The molecule has 54 heavy (non-hydrogen) atoms. The zero-order chi connectivity index (χ0) is 40.4. The Morgan fingerprint density at radius 2 is 1.26 bits per heavy atom. The molecule has 2 aromatic carbocycles. The Labute approximate surface area is 319 Å². The zero-order valence-electron chi connectivity index (χ0n) is 32.8. The molecule has 2 rings (SSSR count). The summed E-state index contributed by atoms with van der Waals surface area (Å²) < 4.78 is 0. The second-order valence-electron chi connectivity index (χ2n) is 14.8. The van der Waals surface area contributed by atoms with Crippen molar-refractivity contribution in [2.75, 3.05) is 6.54 Å². The van der Waals surface area contributed by atoms with Gasteiger partial charge in [-0.15, -0.1) is 0 Å². The molecule has 7 N–H and O–H groups in total. The number of aliphatic carboxylic acids is 1. The van der Waals surface area contributed by atoms with Gasteiger partial charge in [-0.2, -0.15) is 0 Å². The molecular formula is C41H61N5O8. The summed E-state index contributed by atoms with van der Waals surface area (Å²) in [6.45, 7) is 12.9.